The van der Waals surface area contributed by atoms with Gasteiger partial charge in [-0.3, -0.25) is 10.2 Å². The first kappa shape index (κ1) is 17.8. The molecule has 24 heavy (non-hydrogen) atoms. The Bertz CT molecular complexity index is 712. The maximum Gasteiger partial charge on any atom is 0.337 e. The van der Waals surface area contributed by atoms with Gasteiger partial charge in [-0.1, -0.05) is 34.1 Å². The summed E-state index contributed by atoms with van der Waals surface area (Å²) in [7, 11) is 0. The van der Waals surface area contributed by atoms with Crippen molar-refractivity contribution in [1.82, 2.24) is 10.9 Å². The third kappa shape index (κ3) is 5.27. The molecule has 2 aromatic carbocycles. The molecule has 0 radical (unpaired) electrons. The Morgan fingerprint density at radius 3 is 2.29 bits per heavy atom. The summed E-state index contributed by atoms with van der Waals surface area (Å²) in [4.78, 5) is 23.4. The average molecular weight is 392 g/mol. The molecule has 2 aromatic rings. The number of rotatable bonds is 4. The molecular formula is C17H18BrN3O3. The van der Waals surface area contributed by atoms with E-state index in [0.717, 1.165) is 15.6 Å². The van der Waals surface area contributed by atoms with E-state index in [4.69, 9.17) is 4.74 Å². The summed E-state index contributed by atoms with van der Waals surface area (Å²) < 4.78 is 6.48. The molecule has 0 aromatic heterocycles. The number of halogens is 1. The molecule has 0 spiro atoms. The Kier molecular flexibility index (Phi) is 6.20. The van der Waals surface area contributed by atoms with Gasteiger partial charge in [-0.25, -0.2) is 10.2 Å². The Morgan fingerprint density at radius 2 is 1.67 bits per heavy atom. The molecule has 3 amide bonds. The molecule has 0 aliphatic rings. The molecule has 0 aliphatic carbocycles. The molecular weight excluding hydrogens is 374 g/mol. The molecule has 126 valence electrons. The number of hydrazine groups is 1. The lowest BCUT2D eigenvalue weighted by Crippen LogP contribution is -2.45. The van der Waals surface area contributed by atoms with Gasteiger partial charge in [0.1, 0.15) is 5.75 Å². The van der Waals surface area contributed by atoms with E-state index in [1.165, 1.54) is 0 Å². The Hall–Kier alpha value is -2.54. The average Bonchev–Trinajstić information content (AvgIpc) is 2.53. The van der Waals surface area contributed by atoms with Gasteiger partial charge in [0.15, 0.2) is 6.61 Å². The minimum absolute atomic E-state index is 0.199. The number of hydrogen-bond donors (Lipinski definition) is 3. The van der Waals surface area contributed by atoms with Crippen molar-refractivity contribution in [2.45, 2.75) is 13.8 Å². The number of aryl methyl sites for hydroxylation is 2. The van der Waals surface area contributed by atoms with Gasteiger partial charge in [-0.15, -0.1) is 0 Å². The van der Waals surface area contributed by atoms with Crippen LogP contribution in [0.2, 0.25) is 0 Å². The summed E-state index contributed by atoms with van der Waals surface area (Å²) in [6, 6.07) is 12.2. The first-order chi connectivity index (χ1) is 11.5. The molecule has 0 aliphatic heterocycles. The summed E-state index contributed by atoms with van der Waals surface area (Å²) in [5.74, 6) is 0.196. The zero-order valence-corrected chi connectivity index (χ0v) is 14.9. The van der Waals surface area contributed by atoms with Crippen LogP contribution in [-0.2, 0) is 4.79 Å². The van der Waals surface area contributed by atoms with Crippen molar-refractivity contribution in [3.8, 4) is 5.75 Å². The summed E-state index contributed by atoms with van der Waals surface area (Å²) in [6.45, 7) is 3.60. The number of ether oxygens (including phenoxy) is 1. The van der Waals surface area contributed by atoms with Gasteiger partial charge in [-0.2, -0.15) is 0 Å². The van der Waals surface area contributed by atoms with Gasteiger partial charge in [0.2, 0.25) is 0 Å². The van der Waals surface area contributed by atoms with Crippen LogP contribution >= 0.6 is 15.9 Å². The van der Waals surface area contributed by atoms with Crippen molar-refractivity contribution in [1.29, 1.82) is 0 Å². The first-order valence-electron chi connectivity index (χ1n) is 7.26. The highest BCUT2D eigenvalue weighted by atomic mass is 79.9. The van der Waals surface area contributed by atoms with E-state index in [1.807, 2.05) is 32.0 Å². The minimum atomic E-state index is -0.537. The van der Waals surface area contributed by atoms with Crippen LogP contribution in [-0.4, -0.2) is 18.5 Å². The zero-order valence-electron chi connectivity index (χ0n) is 13.4. The third-order valence-corrected chi connectivity index (χ3v) is 3.58. The highest BCUT2D eigenvalue weighted by Gasteiger charge is 2.09. The van der Waals surface area contributed by atoms with Crippen molar-refractivity contribution < 1.29 is 14.3 Å². The fraction of sp³-hybridized carbons (Fsp3) is 0.176. The molecule has 0 fully saturated rings. The number of para-hydroxylation sites is 1. The second-order valence-corrected chi connectivity index (χ2v) is 6.07. The van der Waals surface area contributed by atoms with Crippen LogP contribution in [0.3, 0.4) is 0 Å². The van der Waals surface area contributed by atoms with Crippen molar-refractivity contribution in [3.05, 3.63) is 58.1 Å². The molecule has 0 saturated carbocycles. The standard InChI is InChI=1S/C17H18BrN3O3/c1-11-8-13(18)9-12(2)16(11)24-10-15(22)20-21-17(23)19-14-6-4-3-5-7-14/h3-9H,10H2,1-2H3,(H,20,22)(H2,19,21,23). The van der Waals surface area contributed by atoms with Crippen LogP contribution in [0.1, 0.15) is 11.1 Å². The quantitative estimate of drug-likeness (QED) is 0.699. The molecule has 0 bridgehead atoms. The van der Waals surface area contributed by atoms with E-state index < -0.39 is 11.9 Å². The highest BCUT2D eigenvalue weighted by molar-refractivity contribution is 9.10. The van der Waals surface area contributed by atoms with E-state index in [0.29, 0.717) is 11.4 Å². The smallest absolute Gasteiger partial charge is 0.337 e. The lowest BCUT2D eigenvalue weighted by atomic mass is 10.1. The maximum absolute atomic E-state index is 11.8. The molecule has 6 nitrogen and oxygen atoms in total. The molecule has 0 unspecified atom stereocenters. The minimum Gasteiger partial charge on any atom is -0.483 e. The monoisotopic (exact) mass is 391 g/mol. The Labute approximate surface area is 148 Å². The Morgan fingerprint density at radius 1 is 1.04 bits per heavy atom. The van der Waals surface area contributed by atoms with Crippen LogP contribution in [0.15, 0.2) is 46.9 Å². The van der Waals surface area contributed by atoms with E-state index in [1.54, 1.807) is 24.3 Å². The molecule has 7 heteroatoms. The van der Waals surface area contributed by atoms with Crippen molar-refractivity contribution >= 4 is 33.6 Å². The molecule has 0 atom stereocenters. The number of anilines is 1. The first-order valence-corrected chi connectivity index (χ1v) is 8.05. The molecule has 0 heterocycles. The fourth-order valence-electron chi connectivity index (χ4n) is 2.11. The van der Waals surface area contributed by atoms with Gasteiger partial charge in [0, 0.05) is 10.2 Å². The van der Waals surface area contributed by atoms with Crippen molar-refractivity contribution in [2.75, 3.05) is 11.9 Å². The third-order valence-electron chi connectivity index (χ3n) is 3.12. The van der Waals surface area contributed by atoms with E-state index in [2.05, 4.69) is 32.1 Å². The predicted molar refractivity (Wildman–Crippen MR) is 95.9 cm³/mol. The summed E-state index contributed by atoms with van der Waals surface area (Å²) >= 11 is 3.41. The maximum atomic E-state index is 11.8. The lowest BCUT2D eigenvalue weighted by molar-refractivity contribution is -0.123. The number of carbonyl (C=O) groups excluding carboxylic acids is 2. The molecule has 0 saturated heterocycles. The largest absolute Gasteiger partial charge is 0.483 e. The second-order valence-electron chi connectivity index (χ2n) is 5.15. The topological polar surface area (TPSA) is 79.5 Å². The number of amides is 3. The number of hydrogen-bond acceptors (Lipinski definition) is 3. The van der Waals surface area contributed by atoms with Crippen molar-refractivity contribution in [2.24, 2.45) is 0 Å². The van der Waals surface area contributed by atoms with Crippen LogP contribution in [0, 0.1) is 13.8 Å². The van der Waals surface area contributed by atoms with Gasteiger partial charge in [0.25, 0.3) is 5.91 Å². The van der Waals surface area contributed by atoms with E-state index in [9.17, 15) is 9.59 Å². The lowest BCUT2D eigenvalue weighted by Gasteiger charge is -2.13. The van der Waals surface area contributed by atoms with Gasteiger partial charge < -0.3 is 10.1 Å². The number of urea groups is 1. The second kappa shape index (κ2) is 8.35. The van der Waals surface area contributed by atoms with E-state index >= 15 is 0 Å². The Balaban J connectivity index is 1.79. The number of benzene rings is 2. The zero-order chi connectivity index (χ0) is 17.5. The van der Waals surface area contributed by atoms with Crippen molar-refractivity contribution in [3.63, 3.8) is 0 Å². The SMILES string of the molecule is Cc1cc(Br)cc(C)c1OCC(=O)NNC(=O)Nc1ccccc1. The fourth-order valence-corrected chi connectivity index (χ4v) is 2.80. The number of nitrogens with one attached hydrogen (secondary N) is 3. The number of carbonyl (C=O) groups is 2. The summed E-state index contributed by atoms with van der Waals surface area (Å²) in [5.41, 5.74) is 7.02. The van der Waals surface area contributed by atoms with Gasteiger partial charge in [-0.05, 0) is 49.2 Å². The van der Waals surface area contributed by atoms with E-state index in [-0.39, 0.29) is 6.61 Å². The van der Waals surface area contributed by atoms with Gasteiger partial charge in [0.05, 0.1) is 0 Å². The van der Waals surface area contributed by atoms with Crippen LogP contribution in [0.4, 0.5) is 10.5 Å². The van der Waals surface area contributed by atoms with Gasteiger partial charge >= 0.3 is 6.03 Å². The molecule has 3 N–H and O–H groups in total. The normalized spacial score (nSPS) is 9.96. The van der Waals surface area contributed by atoms with Crippen LogP contribution in [0.5, 0.6) is 5.75 Å². The predicted octanol–water partition coefficient (Wildman–Crippen LogP) is 3.30. The van der Waals surface area contributed by atoms with Crippen LogP contribution in [0.25, 0.3) is 0 Å². The highest BCUT2D eigenvalue weighted by Crippen LogP contribution is 2.27. The molecule has 2 rings (SSSR count). The van der Waals surface area contributed by atoms with Crippen LogP contribution < -0.4 is 20.9 Å². The summed E-state index contributed by atoms with van der Waals surface area (Å²) in [6.07, 6.45) is 0. The summed E-state index contributed by atoms with van der Waals surface area (Å²) in [5, 5.41) is 2.58.